The summed E-state index contributed by atoms with van der Waals surface area (Å²) in [5, 5.41) is 4.28. The molecule has 0 aliphatic carbocycles. The van der Waals surface area contributed by atoms with Gasteiger partial charge in [0.2, 0.25) is 0 Å². The Morgan fingerprint density at radius 2 is 2.32 bits per heavy atom. The fourth-order valence-electron chi connectivity index (χ4n) is 2.46. The molecule has 1 aromatic carbocycles. The average Bonchev–Trinajstić information content (AvgIpc) is 2.93. The molecule has 1 aliphatic rings. The molecule has 1 unspecified atom stereocenters. The third kappa shape index (κ3) is 3.15. The van der Waals surface area contributed by atoms with Crippen molar-refractivity contribution in [2.24, 2.45) is 0 Å². The minimum absolute atomic E-state index is 0.209. The van der Waals surface area contributed by atoms with E-state index in [1.807, 2.05) is 12.1 Å². The number of nitrogen functional groups attached to an aromatic ring is 1. The van der Waals surface area contributed by atoms with Gasteiger partial charge in [0.15, 0.2) is 0 Å². The SMILES string of the molecule is Nc1cccc(CN2CCOC(c3ccsc3)C2)c1. The lowest BCUT2D eigenvalue weighted by Gasteiger charge is -2.32. The Hall–Kier alpha value is -1.36. The van der Waals surface area contributed by atoms with Crippen LogP contribution in [0.1, 0.15) is 17.2 Å². The van der Waals surface area contributed by atoms with Gasteiger partial charge in [-0.2, -0.15) is 11.3 Å². The molecule has 0 radical (unpaired) electrons. The van der Waals surface area contributed by atoms with E-state index in [-0.39, 0.29) is 6.10 Å². The van der Waals surface area contributed by atoms with E-state index in [1.165, 1.54) is 11.1 Å². The van der Waals surface area contributed by atoms with Crippen molar-refractivity contribution in [1.82, 2.24) is 4.90 Å². The highest BCUT2D eigenvalue weighted by Gasteiger charge is 2.22. The first-order valence-electron chi connectivity index (χ1n) is 6.52. The van der Waals surface area contributed by atoms with Gasteiger partial charge in [0.05, 0.1) is 12.7 Å². The molecule has 3 nitrogen and oxygen atoms in total. The quantitative estimate of drug-likeness (QED) is 0.875. The van der Waals surface area contributed by atoms with Gasteiger partial charge in [-0.15, -0.1) is 0 Å². The first-order chi connectivity index (χ1) is 9.31. The zero-order valence-electron chi connectivity index (χ0n) is 10.8. The van der Waals surface area contributed by atoms with Crippen LogP contribution in [0.5, 0.6) is 0 Å². The number of benzene rings is 1. The maximum atomic E-state index is 5.85. The molecule has 4 heteroatoms. The van der Waals surface area contributed by atoms with Gasteiger partial charge in [-0.05, 0) is 40.1 Å². The van der Waals surface area contributed by atoms with Crippen LogP contribution >= 0.6 is 11.3 Å². The minimum atomic E-state index is 0.209. The number of hydrogen-bond acceptors (Lipinski definition) is 4. The van der Waals surface area contributed by atoms with E-state index in [2.05, 4.69) is 33.9 Å². The molecule has 2 N–H and O–H groups in total. The van der Waals surface area contributed by atoms with Crippen LogP contribution in [0, 0.1) is 0 Å². The third-order valence-corrected chi connectivity index (χ3v) is 4.12. The highest BCUT2D eigenvalue weighted by molar-refractivity contribution is 7.07. The molecular formula is C15H18N2OS. The lowest BCUT2D eigenvalue weighted by molar-refractivity contribution is -0.0327. The van der Waals surface area contributed by atoms with Crippen molar-refractivity contribution in [2.45, 2.75) is 12.6 Å². The van der Waals surface area contributed by atoms with Gasteiger partial charge in [-0.1, -0.05) is 12.1 Å². The summed E-state index contributed by atoms with van der Waals surface area (Å²) in [7, 11) is 0. The summed E-state index contributed by atoms with van der Waals surface area (Å²) in [6, 6.07) is 10.3. The van der Waals surface area contributed by atoms with Gasteiger partial charge in [0.25, 0.3) is 0 Å². The van der Waals surface area contributed by atoms with Gasteiger partial charge in [-0.25, -0.2) is 0 Å². The highest BCUT2D eigenvalue weighted by atomic mass is 32.1. The largest absolute Gasteiger partial charge is 0.399 e. The Morgan fingerprint density at radius 1 is 1.37 bits per heavy atom. The molecule has 2 aromatic rings. The van der Waals surface area contributed by atoms with Crippen LogP contribution in [-0.2, 0) is 11.3 Å². The van der Waals surface area contributed by atoms with Crippen LogP contribution < -0.4 is 5.73 Å². The van der Waals surface area contributed by atoms with Gasteiger partial charge in [-0.3, -0.25) is 4.90 Å². The van der Waals surface area contributed by atoms with Gasteiger partial charge in [0.1, 0.15) is 0 Å². The number of hydrogen-bond donors (Lipinski definition) is 1. The first-order valence-corrected chi connectivity index (χ1v) is 7.46. The zero-order valence-corrected chi connectivity index (χ0v) is 11.6. The molecule has 0 spiro atoms. The first kappa shape index (κ1) is 12.7. The molecule has 2 heterocycles. The number of nitrogens with zero attached hydrogens (tertiary/aromatic N) is 1. The Bertz CT molecular complexity index is 527. The second-order valence-electron chi connectivity index (χ2n) is 4.90. The maximum absolute atomic E-state index is 5.85. The van der Waals surface area contributed by atoms with Gasteiger partial charge < -0.3 is 10.5 Å². The van der Waals surface area contributed by atoms with Crippen molar-refractivity contribution in [2.75, 3.05) is 25.4 Å². The third-order valence-electron chi connectivity index (χ3n) is 3.42. The Balaban J connectivity index is 1.65. The van der Waals surface area contributed by atoms with E-state index in [9.17, 15) is 0 Å². The lowest BCUT2D eigenvalue weighted by atomic mass is 10.1. The topological polar surface area (TPSA) is 38.5 Å². The molecule has 100 valence electrons. The molecule has 1 aromatic heterocycles. The van der Waals surface area contributed by atoms with Crippen LogP contribution in [0.4, 0.5) is 5.69 Å². The van der Waals surface area contributed by atoms with E-state index in [0.717, 1.165) is 31.9 Å². The standard InChI is InChI=1S/C15H18N2OS/c16-14-3-1-2-12(8-14)9-17-5-6-18-15(10-17)13-4-7-19-11-13/h1-4,7-8,11,15H,5-6,9-10,16H2. The number of rotatable bonds is 3. The molecule has 1 fully saturated rings. The van der Waals surface area contributed by atoms with Crippen molar-refractivity contribution in [3.8, 4) is 0 Å². The van der Waals surface area contributed by atoms with Crippen LogP contribution in [0.25, 0.3) is 0 Å². The predicted octanol–water partition coefficient (Wildman–Crippen LogP) is 2.90. The number of thiophene rings is 1. The van der Waals surface area contributed by atoms with E-state index in [4.69, 9.17) is 10.5 Å². The monoisotopic (exact) mass is 274 g/mol. The van der Waals surface area contributed by atoms with Crippen molar-refractivity contribution >= 4 is 17.0 Å². The van der Waals surface area contributed by atoms with E-state index < -0.39 is 0 Å². The number of ether oxygens (including phenoxy) is 1. The number of morpholine rings is 1. The van der Waals surface area contributed by atoms with Crippen LogP contribution in [0.3, 0.4) is 0 Å². The Labute approximate surface area is 117 Å². The maximum Gasteiger partial charge on any atom is 0.0960 e. The van der Waals surface area contributed by atoms with Gasteiger partial charge >= 0.3 is 0 Å². The molecule has 1 saturated heterocycles. The highest BCUT2D eigenvalue weighted by Crippen LogP contribution is 2.25. The minimum Gasteiger partial charge on any atom is -0.399 e. The Kier molecular flexibility index (Phi) is 3.82. The Morgan fingerprint density at radius 3 is 3.11 bits per heavy atom. The van der Waals surface area contributed by atoms with Crippen LogP contribution in [0.2, 0.25) is 0 Å². The predicted molar refractivity (Wildman–Crippen MR) is 79.1 cm³/mol. The lowest BCUT2D eigenvalue weighted by Crippen LogP contribution is -2.37. The van der Waals surface area contributed by atoms with Crippen LogP contribution in [-0.4, -0.2) is 24.6 Å². The molecule has 0 amide bonds. The summed E-state index contributed by atoms with van der Waals surface area (Å²) in [6.45, 7) is 3.67. The van der Waals surface area contributed by atoms with Crippen molar-refractivity contribution in [1.29, 1.82) is 0 Å². The molecular weight excluding hydrogens is 256 g/mol. The smallest absolute Gasteiger partial charge is 0.0960 e. The van der Waals surface area contributed by atoms with E-state index in [0.29, 0.717) is 0 Å². The summed E-state index contributed by atoms with van der Waals surface area (Å²) in [5.74, 6) is 0. The summed E-state index contributed by atoms with van der Waals surface area (Å²) in [5.41, 5.74) is 9.22. The zero-order chi connectivity index (χ0) is 13.1. The number of nitrogens with two attached hydrogens (primary N) is 1. The van der Waals surface area contributed by atoms with E-state index >= 15 is 0 Å². The molecule has 1 aliphatic heterocycles. The van der Waals surface area contributed by atoms with Crippen LogP contribution in [0.15, 0.2) is 41.1 Å². The van der Waals surface area contributed by atoms with Crippen molar-refractivity contribution in [3.63, 3.8) is 0 Å². The molecule has 0 bridgehead atoms. The second-order valence-corrected chi connectivity index (χ2v) is 5.68. The van der Waals surface area contributed by atoms with Crippen molar-refractivity contribution in [3.05, 3.63) is 52.2 Å². The van der Waals surface area contributed by atoms with Crippen molar-refractivity contribution < 1.29 is 4.74 Å². The van der Waals surface area contributed by atoms with Gasteiger partial charge in [0, 0.05) is 25.3 Å². The average molecular weight is 274 g/mol. The fourth-order valence-corrected chi connectivity index (χ4v) is 3.16. The number of anilines is 1. The summed E-state index contributed by atoms with van der Waals surface area (Å²) < 4.78 is 5.85. The fraction of sp³-hybridized carbons (Fsp3) is 0.333. The molecule has 0 saturated carbocycles. The molecule has 19 heavy (non-hydrogen) atoms. The summed E-state index contributed by atoms with van der Waals surface area (Å²) >= 11 is 1.73. The summed E-state index contributed by atoms with van der Waals surface area (Å²) in [4.78, 5) is 2.43. The van der Waals surface area contributed by atoms with E-state index in [1.54, 1.807) is 11.3 Å². The second kappa shape index (κ2) is 5.74. The normalized spacial score (nSPS) is 20.5. The molecule has 3 rings (SSSR count). The summed E-state index contributed by atoms with van der Waals surface area (Å²) in [6.07, 6.45) is 0.209. The molecule has 1 atom stereocenters.